The molecule has 0 saturated carbocycles. The normalized spacial score (nSPS) is 13.2. The van der Waals surface area contributed by atoms with Gasteiger partial charge >= 0.3 is 6.18 Å². The highest BCUT2D eigenvalue weighted by molar-refractivity contribution is 7.88. The Bertz CT molecular complexity index is 616. The van der Waals surface area contributed by atoms with E-state index in [9.17, 15) is 21.6 Å². The molecule has 21 heavy (non-hydrogen) atoms. The second-order valence-electron chi connectivity index (χ2n) is 5.11. The zero-order chi connectivity index (χ0) is 16.5. The molecule has 0 unspecified atom stereocenters. The van der Waals surface area contributed by atoms with Crippen molar-refractivity contribution >= 4 is 21.7 Å². The van der Waals surface area contributed by atoms with Gasteiger partial charge in [-0.05, 0) is 13.8 Å². The van der Waals surface area contributed by atoms with Crippen LogP contribution in [0.4, 0.5) is 24.8 Å². The van der Waals surface area contributed by atoms with Crippen molar-refractivity contribution in [1.29, 1.82) is 0 Å². The molecule has 0 spiro atoms. The summed E-state index contributed by atoms with van der Waals surface area (Å²) >= 11 is 0. The molecule has 4 N–H and O–H groups in total. The molecule has 0 aliphatic carbocycles. The molecule has 0 aliphatic heterocycles. The van der Waals surface area contributed by atoms with Crippen molar-refractivity contribution in [3.05, 3.63) is 11.9 Å². The molecule has 7 nitrogen and oxygen atoms in total. The van der Waals surface area contributed by atoms with Gasteiger partial charge in [-0.15, -0.1) is 0 Å². The van der Waals surface area contributed by atoms with Crippen LogP contribution >= 0.6 is 0 Å². The lowest BCUT2D eigenvalue weighted by Gasteiger charge is -2.25. The number of sulfonamides is 1. The summed E-state index contributed by atoms with van der Waals surface area (Å²) in [5.41, 5.74) is 4.37. The number of hydrogen-bond acceptors (Lipinski definition) is 6. The summed E-state index contributed by atoms with van der Waals surface area (Å²) in [4.78, 5) is 6.40. The molecule has 0 saturated heterocycles. The molecule has 0 bridgehead atoms. The summed E-state index contributed by atoms with van der Waals surface area (Å²) in [6.45, 7) is 3.14. The SMILES string of the molecule is CC(C)(CNc1cc(N)nc(C(F)(F)F)n1)NS(C)(=O)=O. The lowest BCUT2D eigenvalue weighted by atomic mass is 10.1. The fourth-order valence-corrected chi connectivity index (χ4v) is 2.61. The van der Waals surface area contributed by atoms with Crippen LogP contribution in [-0.4, -0.2) is 36.7 Å². The van der Waals surface area contributed by atoms with Gasteiger partial charge in [-0.25, -0.2) is 23.1 Å². The first-order chi connectivity index (χ1) is 9.28. The Morgan fingerprint density at radius 1 is 1.29 bits per heavy atom. The van der Waals surface area contributed by atoms with E-state index in [1.165, 1.54) is 0 Å². The minimum atomic E-state index is -4.72. The van der Waals surface area contributed by atoms with Gasteiger partial charge in [-0.2, -0.15) is 13.2 Å². The Morgan fingerprint density at radius 2 is 1.86 bits per heavy atom. The molecule has 1 aromatic heterocycles. The van der Waals surface area contributed by atoms with Gasteiger partial charge in [0.2, 0.25) is 15.8 Å². The van der Waals surface area contributed by atoms with Crippen LogP contribution in [0.5, 0.6) is 0 Å². The maximum Gasteiger partial charge on any atom is 0.451 e. The number of alkyl halides is 3. The second kappa shape index (κ2) is 5.64. The maximum absolute atomic E-state index is 12.5. The fraction of sp³-hybridized carbons (Fsp3) is 0.600. The molecule has 1 heterocycles. The molecule has 0 atom stereocenters. The highest BCUT2D eigenvalue weighted by Crippen LogP contribution is 2.27. The number of nitrogens with zero attached hydrogens (tertiary/aromatic N) is 2. The standard InChI is InChI=1S/C10H16F3N5O2S/c1-9(2,18-21(3,19)20)5-15-7-4-6(14)16-8(17-7)10(11,12)13/h4,18H,5H2,1-3H3,(H3,14,15,16,17). The summed E-state index contributed by atoms with van der Waals surface area (Å²) < 4.78 is 62.3. The summed E-state index contributed by atoms with van der Waals surface area (Å²) in [7, 11) is -3.45. The van der Waals surface area contributed by atoms with E-state index in [0.29, 0.717) is 0 Å². The van der Waals surface area contributed by atoms with Crippen LogP contribution in [0.3, 0.4) is 0 Å². The minimum Gasteiger partial charge on any atom is -0.384 e. The first-order valence-electron chi connectivity index (χ1n) is 5.73. The lowest BCUT2D eigenvalue weighted by molar-refractivity contribution is -0.144. The van der Waals surface area contributed by atoms with Crippen molar-refractivity contribution in [3.63, 3.8) is 0 Å². The van der Waals surface area contributed by atoms with E-state index in [4.69, 9.17) is 5.73 Å². The van der Waals surface area contributed by atoms with Gasteiger partial charge in [-0.1, -0.05) is 0 Å². The lowest BCUT2D eigenvalue weighted by Crippen LogP contribution is -2.47. The maximum atomic E-state index is 12.5. The van der Waals surface area contributed by atoms with E-state index in [-0.39, 0.29) is 18.2 Å². The molecular formula is C10H16F3N5O2S. The Balaban J connectivity index is 2.87. The van der Waals surface area contributed by atoms with Crippen molar-refractivity contribution in [2.24, 2.45) is 0 Å². The smallest absolute Gasteiger partial charge is 0.384 e. The highest BCUT2D eigenvalue weighted by Gasteiger charge is 2.35. The highest BCUT2D eigenvalue weighted by atomic mass is 32.2. The fourth-order valence-electron chi connectivity index (χ4n) is 1.53. The number of aromatic nitrogens is 2. The summed E-state index contributed by atoms with van der Waals surface area (Å²) in [5.74, 6) is -1.84. The molecule has 0 fully saturated rings. The van der Waals surface area contributed by atoms with Crippen LogP contribution in [0.15, 0.2) is 6.07 Å². The monoisotopic (exact) mass is 327 g/mol. The number of anilines is 2. The third-order valence-corrected chi connectivity index (χ3v) is 3.10. The van der Waals surface area contributed by atoms with Gasteiger partial charge in [-0.3, -0.25) is 0 Å². The van der Waals surface area contributed by atoms with Gasteiger partial charge in [0.25, 0.3) is 0 Å². The second-order valence-corrected chi connectivity index (χ2v) is 6.86. The van der Waals surface area contributed by atoms with Gasteiger partial charge in [0.1, 0.15) is 11.6 Å². The van der Waals surface area contributed by atoms with E-state index in [1.807, 2.05) is 0 Å². The zero-order valence-electron chi connectivity index (χ0n) is 11.6. The van der Waals surface area contributed by atoms with Crippen LogP contribution in [0, 0.1) is 0 Å². The molecule has 0 amide bonds. The molecule has 0 aromatic carbocycles. The third kappa shape index (κ3) is 6.12. The molecule has 1 rings (SSSR count). The van der Waals surface area contributed by atoms with Crippen molar-refractivity contribution in [3.8, 4) is 0 Å². The van der Waals surface area contributed by atoms with Gasteiger partial charge in [0.15, 0.2) is 0 Å². The summed E-state index contributed by atoms with van der Waals surface area (Å²) in [6, 6.07) is 1.13. The molecule has 0 aliphatic rings. The number of halogens is 3. The topological polar surface area (TPSA) is 110 Å². The van der Waals surface area contributed by atoms with E-state index >= 15 is 0 Å². The summed E-state index contributed by atoms with van der Waals surface area (Å²) in [5, 5.41) is 2.60. The van der Waals surface area contributed by atoms with Gasteiger partial charge < -0.3 is 11.1 Å². The Hall–Kier alpha value is -1.62. The average Bonchev–Trinajstić information content (AvgIpc) is 2.21. The van der Waals surface area contributed by atoms with Crippen molar-refractivity contribution in [1.82, 2.24) is 14.7 Å². The molecule has 1 aromatic rings. The predicted molar refractivity (Wildman–Crippen MR) is 72.0 cm³/mol. The minimum absolute atomic E-state index is 0.00776. The first-order valence-corrected chi connectivity index (χ1v) is 7.62. The summed E-state index contributed by atoms with van der Waals surface area (Å²) in [6.07, 6.45) is -3.73. The molecule has 120 valence electrons. The van der Waals surface area contributed by atoms with Crippen molar-refractivity contribution in [2.75, 3.05) is 23.9 Å². The molecule has 0 radical (unpaired) electrons. The van der Waals surface area contributed by atoms with Crippen LogP contribution in [-0.2, 0) is 16.2 Å². The molecule has 11 heteroatoms. The van der Waals surface area contributed by atoms with E-state index in [2.05, 4.69) is 20.0 Å². The van der Waals surface area contributed by atoms with Gasteiger partial charge in [0, 0.05) is 18.2 Å². The zero-order valence-corrected chi connectivity index (χ0v) is 12.4. The predicted octanol–water partition coefficient (Wildman–Crippen LogP) is 0.817. The number of hydrogen-bond donors (Lipinski definition) is 3. The Morgan fingerprint density at radius 3 is 2.33 bits per heavy atom. The molecular weight excluding hydrogens is 311 g/mol. The number of nitrogen functional groups attached to an aromatic ring is 1. The van der Waals surface area contributed by atoms with E-state index in [0.717, 1.165) is 12.3 Å². The van der Waals surface area contributed by atoms with Crippen LogP contribution in [0.2, 0.25) is 0 Å². The number of rotatable bonds is 5. The number of nitrogens with one attached hydrogen (secondary N) is 2. The van der Waals surface area contributed by atoms with E-state index in [1.54, 1.807) is 13.8 Å². The quantitative estimate of drug-likeness (QED) is 0.738. The first kappa shape index (κ1) is 17.4. The third-order valence-electron chi connectivity index (χ3n) is 2.17. The van der Waals surface area contributed by atoms with Crippen LogP contribution < -0.4 is 15.8 Å². The number of nitrogens with two attached hydrogens (primary N) is 1. The Kier molecular flexibility index (Phi) is 4.68. The van der Waals surface area contributed by atoms with Crippen LogP contribution in [0.25, 0.3) is 0 Å². The van der Waals surface area contributed by atoms with E-state index < -0.39 is 27.6 Å². The Labute approximate surface area is 120 Å². The average molecular weight is 327 g/mol. The van der Waals surface area contributed by atoms with Gasteiger partial charge in [0.05, 0.1) is 6.26 Å². The largest absolute Gasteiger partial charge is 0.451 e. The van der Waals surface area contributed by atoms with Crippen molar-refractivity contribution < 1.29 is 21.6 Å². The van der Waals surface area contributed by atoms with Crippen molar-refractivity contribution in [2.45, 2.75) is 25.6 Å². The van der Waals surface area contributed by atoms with Crippen LogP contribution in [0.1, 0.15) is 19.7 Å².